The molecule has 122 valence electrons. The van der Waals surface area contributed by atoms with E-state index in [1.54, 1.807) is 0 Å². The molecule has 0 saturated heterocycles. The summed E-state index contributed by atoms with van der Waals surface area (Å²) in [6.07, 6.45) is 0.295. The first-order valence-corrected chi connectivity index (χ1v) is 7.99. The van der Waals surface area contributed by atoms with Crippen LogP contribution in [0.3, 0.4) is 0 Å². The zero-order valence-corrected chi connectivity index (χ0v) is 14.2. The number of hydrogen-bond acceptors (Lipinski definition) is 1. The highest BCUT2D eigenvalue weighted by molar-refractivity contribution is 9.10. The average molecular weight is 383 g/mol. The van der Waals surface area contributed by atoms with Crippen molar-refractivity contribution >= 4 is 22.0 Å². The van der Waals surface area contributed by atoms with E-state index in [1.165, 1.54) is 12.1 Å². The SMILES string of the molecule is CC(NC(=O)NCCc1ccc(F)cc1F)c1ccccc1Br. The van der Waals surface area contributed by atoms with Gasteiger partial charge in [0.1, 0.15) is 11.6 Å². The van der Waals surface area contributed by atoms with E-state index in [2.05, 4.69) is 26.6 Å². The molecule has 23 heavy (non-hydrogen) atoms. The third kappa shape index (κ3) is 5.03. The molecule has 3 nitrogen and oxygen atoms in total. The van der Waals surface area contributed by atoms with Gasteiger partial charge in [-0.2, -0.15) is 0 Å². The van der Waals surface area contributed by atoms with Crippen LogP contribution in [-0.2, 0) is 6.42 Å². The molecule has 0 saturated carbocycles. The van der Waals surface area contributed by atoms with Gasteiger partial charge in [0.05, 0.1) is 6.04 Å². The van der Waals surface area contributed by atoms with Crippen LogP contribution in [0.2, 0.25) is 0 Å². The Morgan fingerprint density at radius 3 is 2.65 bits per heavy atom. The third-order valence-corrected chi connectivity index (χ3v) is 4.14. The van der Waals surface area contributed by atoms with Crippen molar-refractivity contribution in [2.45, 2.75) is 19.4 Å². The molecule has 0 heterocycles. The van der Waals surface area contributed by atoms with Gasteiger partial charge in [0.2, 0.25) is 0 Å². The molecule has 1 atom stereocenters. The van der Waals surface area contributed by atoms with Crippen LogP contribution in [0.25, 0.3) is 0 Å². The van der Waals surface area contributed by atoms with Crippen LogP contribution in [0, 0.1) is 11.6 Å². The van der Waals surface area contributed by atoms with Crippen molar-refractivity contribution in [1.82, 2.24) is 10.6 Å². The van der Waals surface area contributed by atoms with E-state index in [0.717, 1.165) is 16.1 Å². The lowest BCUT2D eigenvalue weighted by atomic mass is 10.1. The molecule has 0 bridgehead atoms. The molecule has 2 aromatic carbocycles. The number of nitrogens with one attached hydrogen (secondary N) is 2. The number of rotatable bonds is 5. The molecule has 0 aliphatic heterocycles. The zero-order valence-electron chi connectivity index (χ0n) is 12.6. The van der Waals surface area contributed by atoms with Crippen molar-refractivity contribution in [1.29, 1.82) is 0 Å². The quantitative estimate of drug-likeness (QED) is 0.793. The molecule has 2 aromatic rings. The highest BCUT2D eigenvalue weighted by atomic mass is 79.9. The lowest BCUT2D eigenvalue weighted by molar-refractivity contribution is 0.238. The Morgan fingerprint density at radius 1 is 1.22 bits per heavy atom. The molecule has 6 heteroatoms. The van der Waals surface area contributed by atoms with Crippen LogP contribution in [0.1, 0.15) is 24.1 Å². The maximum atomic E-state index is 13.5. The molecule has 0 aromatic heterocycles. The Labute approximate surface area is 142 Å². The standard InChI is InChI=1S/C17H17BrF2N2O/c1-11(14-4-2-3-5-15(14)18)22-17(23)21-9-8-12-6-7-13(19)10-16(12)20/h2-7,10-11H,8-9H2,1H3,(H2,21,22,23). The van der Waals surface area contributed by atoms with Crippen molar-refractivity contribution in [3.05, 3.63) is 69.7 Å². The number of hydrogen-bond donors (Lipinski definition) is 2. The number of carbonyl (C=O) groups is 1. The van der Waals surface area contributed by atoms with Gasteiger partial charge in [-0.25, -0.2) is 13.6 Å². The van der Waals surface area contributed by atoms with Crippen molar-refractivity contribution in [3.63, 3.8) is 0 Å². The normalized spacial score (nSPS) is 11.8. The minimum absolute atomic E-state index is 0.173. The Bertz CT molecular complexity index is 694. The summed E-state index contributed by atoms with van der Waals surface area (Å²) < 4.78 is 27.2. The Hall–Kier alpha value is -1.95. The Balaban J connectivity index is 1.82. The summed E-state index contributed by atoms with van der Waals surface area (Å²) in [5.41, 5.74) is 1.33. The second-order valence-corrected chi connectivity index (χ2v) is 5.98. The predicted octanol–water partition coefficient (Wildman–Crippen LogP) is 4.33. The van der Waals surface area contributed by atoms with Gasteiger partial charge in [-0.05, 0) is 36.6 Å². The summed E-state index contributed by atoms with van der Waals surface area (Å²) in [4.78, 5) is 11.9. The summed E-state index contributed by atoms with van der Waals surface area (Å²) in [5, 5.41) is 5.48. The second-order valence-electron chi connectivity index (χ2n) is 5.13. The van der Waals surface area contributed by atoms with E-state index in [4.69, 9.17) is 0 Å². The molecule has 0 radical (unpaired) electrons. The van der Waals surface area contributed by atoms with E-state index >= 15 is 0 Å². The average Bonchev–Trinajstić information content (AvgIpc) is 2.49. The van der Waals surface area contributed by atoms with Gasteiger partial charge in [-0.3, -0.25) is 0 Å². The number of halogens is 3. The highest BCUT2D eigenvalue weighted by Gasteiger charge is 2.11. The number of carbonyl (C=O) groups excluding carboxylic acids is 1. The van der Waals surface area contributed by atoms with E-state index < -0.39 is 11.6 Å². The summed E-state index contributed by atoms with van der Waals surface area (Å²) in [7, 11) is 0. The molecule has 2 N–H and O–H groups in total. The second kappa shape index (κ2) is 8.06. The minimum atomic E-state index is -0.612. The molecular weight excluding hydrogens is 366 g/mol. The molecule has 0 spiro atoms. The first-order chi connectivity index (χ1) is 11.0. The van der Waals surface area contributed by atoms with Gasteiger partial charge in [-0.1, -0.05) is 40.2 Å². The molecule has 0 aliphatic carbocycles. The summed E-state index contributed by atoms with van der Waals surface area (Å²) in [6, 6.07) is 10.5. The van der Waals surface area contributed by atoms with Gasteiger partial charge in [0.25, 0.3) is 0 Å². The highest BCUT2D eigenvalue weighted by Crippen LogP contribution is 2.22. The molecule has 0 fully saturated rings. The van der Waals surface area contributed by atoms with Gasteiger partial charge in [0, 0.05) is 17.1 Å². The molecule has 2 rings (SSSR count). The zero-order chi connectivity index (χ0) is 16.8. The first-order valence-electron chi connectivity index (χ1n) is 7.20. The third-order valence-electron chi connectivity index (χ3n) is 3.41. The molecular formula is C17H17BrF2N2O. The van der Waals surface area contributed by atoms with Crippen LogP contribution < -0.4 is 10.6 Å². The van der Waals surface area contributed by atoms with Crippen LogP contribution in [0.15, 0.2) is 46.9 Å². The number of amides is 2. The number of benzene rings is 2. The van der Waals surface area contributed by atoms with Crippen LogP contribution in [0.4, 0.5) is 13.6 Å². The van der Waals surface area contributed by atoms with E-state index in [0.29, 0.717) is 12.0 Å². The van der Waals surface area contributed by atoms with Crippen molar-refractivity contribution < 1.29 is 13.6 Å². The Kier molecular flexibility index (Phi) is 6.10. The fourth-order valence-corrected chi connectivity index (χ4v) is 2.81. The van der Waals surface area contributed by atoms with Gasteiger partial charge in [-0.15, -0.1) is 0 Å². The lowest BCUT2D eigenvalue weighted by Crippen LogP contribution is -2.38. The lowest BCUT2D eigenvalue weighted by Gasteiger charge is -2.16. The summed E-state index contributed by atoms with van der Waals surface area (Å²) in [5.74, 6) is -1.21. The predicted molar refractivity (Wildman–Crippen MR) is 89.2 cm³/mol. The maximum Gasteiger partial charge on any atom is 0.315 e. The fourth-order valence-electron chi connectivity index (χ4n) is 2.19. The van der Waals surface area contributed by atoms with Gasteiger partial charge >= 0.3 is 6.03 Å². The summed E-state index contributed by atoms with van der Waals surface area (Å²) >= 11 is 3.44. The van der Waals surface area contributed by atoms with Crippen molar-refractivity contribution in [2.75, 3.05) is 6.54 Å². The van der Waals surface area contributed by atoms with Crippen molar-refractivity contribution in [3.8, 4) is 0 Å². The monoisotopic (exact) mass is 382 g/mol. The fraction of sp³-hybridized carbons (Fsp3) is 0.235. The van der Waals surface area contributed by atoms with E-state index in [9.17, 15) is 13.6 Å². The summed E-state index contributed by atoms with van der Waals surface area (Å²) in [6.45, 7) is 2.14. The maximum absolute atomic E-state index is 13.5. The van der Waals surface area contributed by atoms with Gasteiger partial charge in [0.15, 0.2) is 0 Å². The minimum Gasteiger partial charge on any atom is -0.338 e. The molecule has 0 aliphatic rings. The van der Waals surface area contributed by atoms with E-state index in [-0.39, 0.29) is 18.6 Å². The molecule has 1 unspecified atom stereocenters. The Morgan fingerprint density at radius 2 is 1.96 bits per heavy atom. The van der Waals surface area contributed by atoms with Crippen molar-refractivity contribution in [2.24, 2.45) is 0 Å². The smallest absolute Gasteiger partial charge is 0.315 e. The first kappa shape index (κ1) is 17.4. The topological polar surface area (TPSA) is 41.1 Å². The van der Waals surface area contributed by atoms with E-state index in [1.807, 2.05) is 31.2 Å². The van der Waals surface area contributed by atoms with Gasteiger partial charge < -0.3 is 10.6 Å². The largest absolute Gasteiger partial charge is 0.338 e. The van der Waals surface area contributed by atoms with Crippen LogP contribution >= 0.6 is 15.9 Å². The molecule has 2 amide bonds. The van der Waals surface area contributed by atoms with Crippen LogP contribution in [-0.4, -0.2) is 12.6 Å². The number of urea groups is 1. The van der Waals surface area contributed by atoms with Crippen LogP contribution in [0.5, 0.6) is 0 Å².